The van der Waals surface area contributed by atoms with Gasteiger partial charge in [0.1, 0.15) is 0 Å². The molecule has 1 unspecified atom stereocenters. The molecule has 0 saturated carbocycles. The van der Waals surface area contributed by atoms with Crippen LogP contribution in [-0.4, -0.2) is 0 Å². The summed E-state index contributed by atoms with van der Waals surface area (Å²) in [5, 5.41) is 4.98. The first-order valence-electron chi connectivity index (χ1n) is 15.8. The van der Waals surface area contributed by atoms with Gasteiger partial charge in [-0.15, -0.1) is 0 Å². The quantitative estimate of drug-likeness (QED) is 0.187. The Kier molecular flexibility index (Phi) is 6.21. The van der Waals surface area contributed by atoms with E-state index in [0.29, 0.717) is 5.92 Å². The number of anilines is 5. The smallest absolute Gasteiger partial charge is 0.0620 e. The van der Waals surface area contributed by atoms with E-state index in [1.165, 1.54) is 71.0 Å². The average Bonchev–Trinajstić information content (AvgIpc) is 3.53. The van der Waals surface area contributed by atoms with Crippen LogP contribution in [0.4, 0.5) is 28.4 Å². The fourth-order valence-corrected chi connectivity index (χ4v) is 8.50. The third kappa shape index (κ3) is 4.18. The normalized spacial score (nSPS) is 16.9. The second-order valence-corrected chi connectivity index (χ2v) is 13.2. The zero-order chi connectivity index (χ0) is 29.9. The minimum absolute atomic E-state index is 0.560. The van der Waals surface area contributed by atoms with Gasteiger partial charge in [-0.05, 0) is 60.4 Å². The molecule has 6 aromatic rings. The van der Waals surface area contributed by atoms with E-state index in [9.17, 15) is 0 Å². The van der Waals surface area contributed by atoms with Gasteiger partial charge in [0.05, 0.1) is 22.7 Å². The van der Waals surface area contributed by atoms with Crippen LogP contribution < -0.4 is 9.80 Å². The van der Waals surface area contributed by atoms with Gasteiger partial charge in [0.2, 0.25) is 0 Å². The Bertz CT molecular complexity index is 2120. The zero-order valence-corrected chi connectivity index (χ0v) is 26.0. The maximum atomic E-state index is 2.54. The summed E-state index contributed by atoms with van der Waals surface area (Å²) in [6, 6.07) is 46.6. The predicted molar refractivity (Wildman–Crippen MR) is 191 cm³/mol. The lowest BCUT2D eigenvalue weighted by atomic mass is 9.89. The lowest BCUT2D eigenvalue weighted by Crippen LogP contribution is -2.19. The fourth-order valence-electron chi connectivity index (χ4n) is 7.44. The summed E-state index contributed by atoms with van der Waals surface area (Å²) in [4.78, 5) is 7.59. The largest absolute Gasteiger partial charge is 0.313 e. The molecule has 45 heavy (non-hydrogen) atoms. The molecule has 0 bridgehead atoms. The van der Waals surface area contributed by atoms with Gasteiger partial charge < -0.3 is 9.80 Å². The van der Waals surface area contributed by atoms with Crippen molar-refractivity contribution in [3.8, 4) is 0 Å². The molecule has 0 spiro atoms. The number of rotatable bonds is 4. The molecule has 1 atom stereocenters. The maximum Gasteiger partial charge on any atom is 0.0620 e. The van der Waals surface area contributed by atoms with E-state index in [0.717, 1.165) is 12.8 Å². The first-order chi connectivity index (χ1) is 22.3. The van der Waals surface area contributed by atoms with Crippen LogP contribution in [0.15, 0.2) is 172 Å². The number of fused-ring (bicyclic) bond motifs is 4. The van der Waals surface area contributed by atoms with E-state index < -0.39 is 0 Å². The lowest BCUT2D eigenvalue weighted by molar-refractivity contribution is 0.665. The first kappa shape index (κ1) is 26.4. The Balaban J connectivity index is 1.36. The van der Waals surface area contributed by atoms with Crippen LogP contribution >= 0.6 is 11.8 Å². The van der Waals surface area contributed by atoms with Crippen molar-refractivity contribution in [1.82, 2.24) is 0 Å². The van der Waals surface area contributed by atoms with Gasteiger partial charge in [0.25, 0.3) is 0 Å². The number of nitrogens with zero attached hydrogens (tertiary/aromatic N) is 2. The van der Waals surface area contributed by atoms with Crippen molar-refractivity contribution in [2.45, 2.75) is 29.6 Å². The number of hydrogen-bond acceptors (Lipinski definition) is 3. The highest BCUT2D eigenvalue weighted by atomic mass is 32.2. The fraction of sp³-hybridized carbons (Fsp3) is 0.0952. The minimum atomic E-state index is 0.560. The summed E-state index contributed by atoms with van der Waals surface area (Å²) in [5.41, 5.74) is 10.4. The SMILES string of the molecule is CC1CC=CC2=C1CC(N(c1ccccc1)c1c3ccccc3c(N3c4ccccc4Sc4ccccc43)c3ccccc13)=C2. The monoisotopic (exact) mass is 596 g/mol. The van der Waals surface area contributed by atoms with Crippen molar-refractivity contribution in [2.24, 2.45) is 5.92 Å². The molecule has 0 saturated heterocycles. The minimum Gasteiger partial charge on any atom is -0.313 e. The van der Waals surface area contributed by atoms with Crippen LogP contribution in [-0.2, 0) is 0 Å². The van der Waals surface area contributed by atoms with Crippen molar-refractivity contribution in [2.75, 3.05) is 9.80 Å². The van der Waals surface area contributed by atoms with Crippen LogP contribution in [0, 0.1) is 5.92 Å². The summed E-state index contributed by atoms with van der Waals surface area (Å²) >= 11 is 1.86. The second-order valence-electron chi connectivity index (χ2n) is 12.2. The highest BCUT2D eigenvalue weighted by molar-refractivity contribution is 7.99. The molecule has 0 N–H and O–H groups in total. The molecule has 2 aliphatic carbocycles. The highest BCUT2D eigenvalue weighted by Crippen LogP contribution is 2.56. The van der Waals surface area contributed by atoms with E-state index in [-0.39, 0.29) is 0 Å². The van der Waals surface area contributed by atoms with Gasteiger partial charge in [0, 0.05) is 49.1 Å². The number of para-hydroxylation sites is 3. The Morgan fingerprint density at radius 1 is 0.644 bits per heavy atom. The Morgan fingerprint density at radius 2 is 1.20 bits per heavy atom. The van der Waals surface area contributed by atoms with Gasteiger partial charge in [0.15, 0.2) is 0 Å². The van der Waals surface area contributed by atoms with Gasteiger partial charge in [-0.3, -0.25) is 0 Å². The molecular weight excluding hydrogens is 565 g/mol. The summed E-state index contributed by atoms with van der Waals surface area (Å²) in [6.07, 6.45) is 9.17. The van der Waals surface area contributed by atoms with Gasteiger partial charge >= 0.3 is 0 Å². The van der Waals surface area contributed by atoms with Crippen molar-refractivity contribution < 1.29 is 0 Å². The predicted octanol–water partition coefficient (Wildman–Crippen LogP) is 12.2. The molecule has 6 aromatic carbocycles. The molecule has 0 radical (unpaired) electrons. The van der Waals surface area contributed by atoms with E-state index in [2.05, 4.69) is 162 Å². The number of hydrogen-bond donors (Lipinski definition) is 0. The average molecular weight is 597 g/mol. The molecule has 2 nitrogen and oxygen atoms in total. The summed E-state index contributed by atoms with van der Waals surface area (Å²) in [6.45, 7) is 2.37. The molecule has 9 rings (SSSR count). The molecular formula is C42H32N2S. The standard InChI is InChI=1S/C42H32N2S/c1-28-14-13-15-29-26-31(27-36(28)29)43(30-16-3-2-4-17-30)41-32-18-5-7-20-34(32)42(35-21-8-6-19-33(35)41)44-37-22-9-11-24-39(37)45-40-25-12-10-23-38(40)44/h2-13,15-26,28H,14,27H2,1H3. The zero-order valence-electron chi connectivity index (χ0n) is 25.2. The Morgan fingerprint density at radius 3 is 1.82 bits per heavy atom. The van der Waals surface area contributed by atoms with Crippen LogP contribution in [0.2, 0.25) is 0 Å². The molecule has 1 heterocycles. The summed E-state index contributed by atoms with van der Waals surface area (Å²) in [5.74, 6) is 0.560. The highest BCUT2D eigenvalue weighted by Gasteiger charge is 2.31. The van der Waals surface area contributed by atoms with Crippen molar-refractivity contribution in [3.63, 3.8) is 0 Å². The molecule has 216 valence electrons. The molecule has 0 fully saturated rings. The lowest BCUT2D eigenvalue weighted by Gasteiger charge is -2.36. The molecule has 3 heteroatoms. The van der Waals surface area contributed by atoms with Crippen LogP contribution in [0.25, 0.3) is 21.5 Å². The van der Waals surface area contributed by atoms with Crippen molar-refractivity contribution in [1.29, 1.82) is 0 Å². The summed E-state index contributed by atoms with van der Waals surface area (Å²) in [7, 11) is 0. The molecule has 0 aromatic heterocycles. The van der Waals surface area contributed by atoms with Gasteiger partial charge in [-0.25, -0.2) is 0 Å². The van der Waals surface area contributed by atoms with Gasteiger partial charge in [-0.2, -0.15) is 0 Å². The molecule has 1 aliphatic heterocycles. The topological polar surface area (TPSA) is 6.48 Å². The van der Waals surface area contributed by atoms with Crippen molar-refractivity contribution >= 4 is 61.7 Å². The third-order valence-corrected chi connectivity index (χ3v) is 10.6. The van der Waals surface area contributed by atoms with E-state index >= 15 is 0 Å². The third-order valence-electron chi connectivity index (χ3n) is 9.50. The number of benzene rings is 6. The molecule has 3 aliphatic rings. The second kappa shape index (κ2) is 10.6. The Hall–Kier alpha value is -4.99. The van der Waals surface area contributed by atoms with Crippen LogP contribution in [0.5, 0.6) is 0 Å². The van der Waals surface area contributed by atoms with Crippen LogP contribution in [0.3, 0.4) is 0 Å². The van der Waals surface area contributed by atoms with Crippen LogP contribution in [0.1, 0.15) is 19.8 Å². The Labute approximate surface area is 268 Å². The van der Waals surface area contributed by atoms with Crippen molar-refractivity contribution in [3.05, 3.63) is 162 Å². The van der Waals surface area contributed by atoms with E-state index in [1.54, 1.807) is 5.57 Å². The van der Waals surface area contributed by atoms with Gasteiger partial charge in [-0.1, -0.05) is 127 Å². The first-order valence-corrected chi connectivity index (χ1v) is 16.6. The van der Waals surface area contributed by atoms with E-state index in [1.807, 2.05) is 11.8 Å². The maximum absolute atomic E-state index is 2.54. The summed E-state index contributed by atoms with van der Waals surface area (Å²) < 4.78 is 0. The van der Waals surface area contributed by atoms with E-state index in [4.69, 9.17) is 0 Å². The molecule has 0 amide bonds. The number of allylic oxidation sites excluding steroid dienone is 5.